The van der Waals surface area contributed by atoms with Gasteiger partial charge in [0.1, 0.15) is 11.6 Å². The predicted molar refractivity (Wildman–Crippen MR) is 95.3 cm³/mol. The van der Waals surface area contributed by atoms with E-state index in [0.717, 1.165) is 12.8 Å². The van der Waals surface area contributed by atoms with Gasteiger partial charge >= 0.3 is 5.97 Å². The van der Waals surface area contributed by atoms with Crippen LogP contribution >= 0.6 is 0 Å². The highest BCUT2D eigenvalue weighted by Gasteiger charge is 2.24. The lowest BCUT2D eigenvalue weighted by Gasteiger charge is -2.24. The Morgan fingerprint density at radius 3 is 2.52 bits per heavy atom. The van der Waals surface area contributed by atoms with E-state index in [1.807, 2.05) is 32.9 Å². The zero-order valence-electron chi connectivity index (χ0n) is 14.6. The highest BCUT2D eigenvalue weighted by molar-refractivity contribution is 5.85. The number of benzene rings is 2. The number of nitrogens with one attached hydrogen (secondary N) is 1. The van der Waals surface area contributed by atoms with E-state index < -0.39 is 5.60 Å². The van der Waals surface area contributed by atoms with Crippen molar-refractivity contribution in [1.82, 2.24) is 5.32 Å². The van der Waals surface area contributed by atoms with Gasteiger partial charge in [0.15, 0.2) is 0 Å². The summed E-state index contributed by atoms with van der Waals surface area (Å²) in [7, 11) is 0. The highest BCUT2D eigenvalue weighted by Crippen LogP contribution is 2.19. The van der Waals surface area contributed by atoms with Crippen molar-refractivity contribution in [3.63, 3.8) is 0 Å². The SMILES string of the molecule is CCCC(NCc1cccc2ccccc12)C(=O)OC(C)(C)C. The van der Waals surface area contributed by atoms with Crippen LogP contribution in [0.5, 0.6) is 0 Å². The molecule has 0 saturated heterocycles. The van der Waals surface area contributed by atoms with Crippen molar-refractivity contribution in [2.75, 3.05) is 0 Å². The third-order valence-electron chi connectivity index (χ3n) is 3.69. The number of ether oxygens (including phenoxy) is 1. The third-order valence-corrected chi connectivity index (χ3v) is 3.69. The van der Waals surface area contributed by atoms with Crippen LogP contribution in [0, 0.1) is 0 Å². The molecule has 2 rings (SSSR count). The maximum absolute atomic E-state index is 12.3. The van der Waals surface area contributed by atoms with E-state index in [-0.39, 0.29) is 12.0 Å². The Kier molecular flexibility index (Phi) is 5.78. The molecule has 0 heterocycles. The Balaban J connectivity index is 2.10. The van der Waals surface area contributed by atoms with Gasteiger partial charge in [-0.3, -0.25) is 4.79 Å². The summed E-state index contributed by atoms with van der Waals surface area (Å²) in [6, 6.07) is 14.3. The van der Waals surface area contributed by atoms with Gasteiger partial charge in [0, 0.05) is 6.54 Å². The quantitative estimate of drug-likeness (QED) is 0.801. The van der Waals surface area contributed by atoms with Gasteiger partial charge in [0.25, 0.3) is 0 Å². The molecule has 0 amide bonds. The van der Waals surface area contributed by atoms with Crippen molar-refractivity contribution in [2.24, 2.45) is 0 Å². The monoisotopic (exact) mass is 313 g/mol. The molecule has 2 aromatic carbocycles. The fourth-order valence-corrected chi connectivity index (χ4v) is 2.64. The standard InChI is InChI=1S/C20H27NO2/c1-5-9-18(19(22)23-20(2,3)4)21-14-16-12-8-11-15-10-6-7-13-17(15)16/h6-8,10-13,18,21H,5,9,14H2,1-4H3. The lowest BCUT2D eigenvalue weighted by Crippen LogP contribution is -2.41. The number of fused-ring (bicyclic) bond motifs is 1. The second-order valence-corrected chi connectivity index (χ2v) is 6.89. The second kappa shape index (κ2) is 7.60. The molecule has 0 saturated carbocycles. The van der Waals surface area contributed by atoms with Gasteiger partial charge in [-0.05, 0) is 43.5 Å². The lowest BCUT2D eigenvalue weighted by atomic mass is 10.0. The van der Waals surface area contributed by atoms with E-state index in [9.17, 15) is 4.79 Å². The van der Waals surface area contributed by atoms with E-state index in [4.69, 9.17) is 4.74 Å². The Bertz CT molecular complexity index is 653. The summed E-state index contributed by atoms with van der Waals surface area (Å²) in [5, 5.41) is 5.82. The van der Waals surface area contributed by atoms with Crippen LogP contribution in [0.25, 0.3) is 10.8 Å². The first-order valence-electron chi connectivity index (χ1n) is 8.33. The molecular formula is C20H27NO2. The molecule has 3 heteroatoms. The van der Waals surface area contributed by atoms with Crippen LogP contribution in [0.1, 0.15) is 46.1 Å². The van der Waals surface area contributed by atoms with E-state index >= 15 is 0 Å². The van der Waals surface area contributed by atoms with Crippen LogP contribution in [0.4, 0.5) is 0 Å². The van der Waals surface area contributed by atoms with Crippen molar-refractivity contribution in [2.45, 2.75) is 58.7 Å². The van der Waals surface area contributed by atoms with Crippen LogP contribution in [-0.2, 0) is 16.1 Å². The summed E-state index contributed by atoms with van der Waals surface area (Å²) in [6.07, 6.45) is 1.71. The lowest BCUT2D eigenvalue weighted by molar-refractivity contribution is -0.157. The minimum atomic E-state index is -0.454. The normalized spacial score (nSPS) is 13.0. The molecule has 0 bridgehead atoms. The average molecular weight is 313 g/mol. The maximum atomic E-state index is 12.3. The Morgan fingerprint density at radius 2 is 1.83 bits per heavy atom. The van der Waals surface area contributed by atoms with Crippen LogP contribution in [0.15, 0.2) is 42.5 Å². The van der Waals surface area contributed by atoms with Crippen LogP contribution in [0.3, 0.4) is 0 Å². The number of carbonyl (C=O) groups excluding carboxylic acids is 1. The number of hydrogen-bond donors (Lipinski definition) is 1. The molecule has 1 unspecified atom stereocenters. The first-order valence-corrected chi connectivity index (χ1v) is 8.33. The van der Waals surface area contributed by atoms with Crippen molar-refractivity contribution < 1.29 is 9.53 Å². The molecule has 3 nitrogen and oxygen atoms in total. The average Bonchev–Trinajstić information content (AvgIpc) is 2.49. The second-order valence-electron chi connectivity index (χ2n) is 6.89. The molecule has 0 aliphatic rings. The molecule has 0 fully saturated rings. The predicted octanol–water partition coefficient (Wildman–Crippen LogP) is 4.44. The summed E-state index contributed by atoms with van der Waals surface area (Å²) in [5.74, 6) is -0.167. The van der Waals surface area contributed by atoms with E-state index in [1.165, 1.54) is 16.3 Å². The minimum Gasteiger partial charge on any atom is -0.459 e. The summed E-state index contributed by atoms with van der Waals surface area (Å²) < 4.78 is 5.53. The first kappa shape index (κ1) is 17.5. The number of carbonyl (C=O) groups is 1. The third kappa shape index (κ3) is 5.07. The van der Waals surface area contributed by atoms with Crippen molar-refractivity contribution in [1.29, 1.82) is 0 Å². The molecule has 0 aliphatic heterocycles. The van der Waals surface area contributed by atoms with Crippen LogP contribution in [0.2, 0.25) is 0 Å². The van der Waals surface area contributed by atoms with Gasteiger partial charge in [-0.1, -0.05) is 55.8 Å². The van der Waals surface area contributed by atoms with Gasteiger partial charge in [-0.25, -0.2) is 0 Å². The Hall–Kier alpha value is -1.87. The largest absolute Gasteiger partial charge is 0.459 e. The number of hydrogen-bond acceptors (Lipinski definition) is 3. The molecule has 0 radical (unpaired) electrons. The number of esters is 1. The molecule has 0 aliphatic carbocycles. The molecule has 2 aromatic rings. The fourth-order valence-electron chi connectivity index (χ4n) is 2.64. The van der Waals surface area contributed by atoms with Crippen molar-refractivity contribution in [3.05, 3.63) is 48.0 Å². The molecule has 1 atom stereocenters. The highest BCUT2D eigenvalue weighted by atomic mass is 16.6. The first-order chi connectivity index (χ1) is 10.9. The molecule has 0 spiro atoms. The van der Waals surface area contributed by atoms with Crippen LogP contribution < -0.4 is 5.32 Å². The summed E-state index contributed by atoms with van der Waals surface area (Å²) in [4.78, 5) is 12.3. The summed E-state index contributed by atoms with van der Waals surface area (Å²) >= 11 is 0. The van der Waals surface area contributed by atoms with Gasteiger partial charge < -0.3 is 10.1 Å². The summed E-state index contributed by atoms with van der Waals surface area (Å²) in [5.41, 5.74) is 0.747. The van der Waals surface area contributed by atoms with E-state index in [2.05, 4.69) is 42.6 Å². The molecule has 23 heavy (non-hydrogen) atoms. The molecular weight excluding hydrogens is 286 g/mol. The molecule has 124 valence electrons. The smallest absolute Gasteiger partial charge is 0.323 e. The topological polar surface area (TPSA) is 38.3 Å². The van der Waals surface area contributed by atoms with E-state index in [0.29, 0.717) is 6.54 Å². The maximum Gasteiger partial charge on any atom is 0.323 e. The van der Waals surface area contributed by atoms with Crippen molar-refractivity contribution in [3.8, 4) is 0 Å². The fraction of sp³-hybridized carbons (Fsp3) is 0.450. The van der Waals surface area contributed by atoms with E-state index in [1.54, 1.807) is 0 Å². The van der Waals surface area contributed by atoms with Crippen molar-refractivity contribution >= 4 is 16.7 Å². The Morgan fingerprint density at radius 1 is 1.13 bits per heavy atom. The van der Waals surface area contributed by atoms with Gasteiger partial charge in [-0.15, -0.1) is 0 Å². The Labute approximate surface area is 139 Å². The van der Waals surface area contributed by atoms with Crippen LogP contribution in [-0.4, -0.2) is 17.6 Å². The zero-order valence-corrected chi connectivity index (χ0v) is 14.6. The van der Waals surface area contributed by atoms with Gasteiger partial charge in [0.05, 0.1) is 0 Å². The molecule has 1 N–H and O–H groups in total. The zero-order chi connectivity index (χ0) is 16.9. The van der Waals surface area contributed by atoms with Gasteiger partial charge in [0.2, 0.25) is 0 Å². The summed E-state index contributed by atoms with van der Waals surface area (Å²) in [6.45, 7) is 8.44. The minimum absolute atomic E-state index is 0.167. The molecule has 0 aromatic heterocycles. The number of rotatable bonds is 6. The van der Waals surface area contributed by atoms with Gasteiger partial charge in [-0.2, -0.15) is 0 Å².